The Labute approximate surface area is 89.7 Å². The predicted octanol–water partition coefficient (Wildman–Crippen LogP) is 3.23. The van der Waals surface area contributed by atoms with Crippen molar-refractivity contribution in [2.75, 3.05) is 6.61 Å². The minimum Gasteiger partial charge on any atom is -0.492 e. The standard InChI is InChI=1S/C10H8FIO/c1-6-2-3-13-9-5-7(12)4-8(11)10(6)9/h4-5H,1-3H2. The summed E-state index contributed by atoms with van der Waals surface area (Å²) in [7, 11) is 0. The van der Waals surface area contributed by atoms with Crippen LogP contribution < -0.4 is 4.74 Å². The van der Waals surface area contributed by atoms with Crippen LogP contribution in [-0.2, 0) is 0 Å². The summed E-state index contributed by atoms with van der Waals surface area (Å²) in [5.74, 6) is 0.396. The van der Waals surface area contributed by atoms with Crippen molar-refractivity contribution in [2.45, 2.75) is 6.42 Å². The molecule has 0 saturated heterocycles. The van der Waals surface area contributed by atoms with Crippen molar-refractivity contribution in [1.82, 2.24) is 0 Å². The Morgan fingerprint density at radius 2 is 2.23 bits per heavy atom. The average Bonchev–Trinajstić information content (AvgIpc) is 2.02. The van der Waals surface area contributed by atoms with Crippen LogP contribution in [0, 0.1) is 9.39 Å². The minimum atomic E-state index is -0.230. The Morgan fingerprint density at radius 1 is 1.46 bits per heavy atom. The van der Waals surface area contributed by atoms with E-state index in [2.05, 4.69) is 29.2 Å². The second kappa shape index (κ2) is 3.29. The van der Waals surface area contributed by atoms with Gasteiger partial charge in [-0.05, 0) is 40.3 Å². The molecule has 13 heavy (non-hydrogen) atoms. The number of ether oxygens (including phenoxy) is 1. The molecule has 1 nitrogen and oxygen atoms in total. The van der Waals surface area contributed by atoms with Crippen LogP contribution in [0.4, 0.5) is 4.39 Å². The molecule has 0 amide bonds. The molecular formula is C10H8FIO. The molecule has 0 aromatic heterocycles. The van der Waals surface area contributed by atoms with Crippen molar-refractivity contribution >= 4 is 28.2 Å². The van der Waals surface area contributed by atoms with E-state index in [0.717, 1.165) is 9.14 Å². The van der Waals surface area contributed by atoms with Crippen molar-refractivity contribution in [3.63, 3.8) is 0 Å². The van der Waals surface area contributed by atoms with Crippen LogP contribution in [0.1, 0.15) is 12.0 Å². The van der Waals surface area contributed by atoms with Gasteiger partial charge in [-0.25, -0.2) is 4.39 Å². The maximum atomic E-state index is 13.4. The molecular weight excluding hydrogens is 282 g/mol. The first-order chi connectivity index (χ1) is 6.18. The van der Waals surface area contributed by atoms with Crippen molar-refractivity contribution in [1.29, 1.82) is 0 Å². The first kappa shape index (κ1) is 8.99. The lowest BCUT2D eigenvalue weighted by Gasteiger charge is -2.19. The number of rotatable bonds is 0. The van der Waals surface area contributed by atoms with Gasteiger partial charge >= 0.3 is 0 Å². The van der Waals surface area contributed by atoms with Gasteiger partial charge in [0, 0.05) is 9.99 Å². The number of benzene rings is 1. The highest BCUT2D eigenvalue weighted by Gasteiger charge is 2.18. The van der Waals surface area contributed by atoms with E-state index >= 15 is 0 Å². The van der Waals surface area contributed by atoms with Gasteiger partial charge in [0.1, 0.15) is 11.6 Å². The van der Waals surface area contributed by atoms with Crippen LogP contribution >= 0.6 is 22.6 Å². The molecule has 68 valence electrons. The van der Waals surface area contributed by atoms with Crippen LogP contribution in [-0.4, -0.2) is 6.61 Å². The molecule has 0 radical (unpaired) electrons. The van der Waals surface area contributed by atoms with Gasteiger partial charge in [-0.3, -0.25) is 0 Å². The van der Waals surface area contributed by atoms with Gasteiger partial charge in [-0.15, -0.1) is 0 Å². The summed E-state index contributed by atoms with van der Waals surface area (Å²) >= 11 is 2.07. The van der Waals surface area contributed by atoms with Gasteiger partial charge in [0.25, 0.3) is 0 Å². The molecule has 0 bridgehead atoms. The second-order valence-corrected chi connectivity index (χ2v) is 4.21. The molecule has 1 aromatic carbocycles. The summed E-state index contributed by atoms with van der Waals surface area (Å²) in [6.45, 7) is 4.43. The van der Waals surface area contributed by atoms with Crippen LogP contribution in [0.5, 0.6) is 5.75 Å². The smallest absolute Gasteiger partial charge is 0.135 e. The third kappa shape index (κ3) is 1.57. The van der Waals surface area contributed by atoms with E-state index in [-0.39, 0.29) is 5.82 Å². The Kier molecular flexibility index (Phi) is 2.27. The lowest BCUT2D eigenvalue weighted by atomic mass is 10.0. The summed E-state index contributed by atoms with van der Waals surface area (Å²) in [6.07, 6.45) is 0.713. The molecule has 3 heteroatoms. The highest BCUT2D eigenvalue weighted by atomic mass is 127. The van der Waals surface area contributed by atoms with Crippen molar-refractivity contribution in [3.8, 4) is 5.75 Å². The molecule has 0 unspecified atom stereocenters. The van der Waals surface area contributed by atoms with Crippen molar-refractivity contribution in [3.05, 3.63) is 33.7 Å². The molecule has 0 fully saturated rings. The molecule has 1 aromatic rings. The lowest BCUT2D eigenvalue weighted by Crippen LogP contribution is -2.09. The summed E-state index contributed by atoms with van der Waals surface area (Å²) in [5.41, 5.74) is 1.38. The normalized spacial score (nSPS) is 15.1. The fourth-order valence-corrected chi connectivity index (χ4v) is 1.97. The van der Waals surface area contributed by atoms with Gasteiger partial charge in [0.2, 0.25) is 0 Å². The predicted molar refractivity (Wildman–Crippen MR) is 58.3 cm³/mol. The van der Waals surface area contributed by atoms with Crippen molar-refractivity contribution in [2.24, 2.45) is 0 Å². The van der Waals surface area contributed by atoms with E-state index < -0.39 is 0 Å². The number of halogens is 2. The number of hydrogen-bond donors (Lipinski definition) is 0. The monoisotopic (exact) mass is 290 g/mol. The molecule has 2 rings (SSSR count). The zero-order chi connectivity index (χ0) is 9.42. The molecule has 0 saturated carbocycles. The molecule has 1 aliphatic rings. The van der Waals surface area contributed by atoms with E-state index in [4.69, 9.17) is 4.74 Å². The maximum Gasteiger partial charge on any atom is 0.135 e. The zero-order valence-electron chi connectivity index (χ0n) is 6.94. The maximum absolute atomic E-state index is 13.4. The largest absolute Gasteiger partial charge is 0.492 e. The Hall–Kier alpha value is -0.580. The molecule has 0 N–H and O–H groups in total. The van der Waals surface area contributed by atoms with Gasteiger partial charge in [-0.1, -0.05) is 6.58 Å². The van der Waals surface area contributed by atoms with E-state index in [1.807, 2.05) is 6.07 Å². The minimum absolute atomic E-state index is 0.230. The topological polar surface area (TPSA) is 9.23 Å². The van der Waals surface area contributed by atoms with Crippen molar-refractivity contribution < 1.29 is 9.13 Å². The van der Waals surface area contributed by atoms with Gasteiger partial charge in [0.15, 0.2) is 0 Å². The van der Waals surface area contributed by atoms with Gasteiger partial charge in [0.05, 0.1) is 12.2 Å². The molecule has 1 aliphatic heterocycles. The Balaban J connectivity index is 2.63. The second-order valence-electron chi connectivity index (χ2n) is 2.96. The number of hydrogen-bond acceptors (Lipinski definition) is 1. The Morgan fingerprint density at radius 3 is 3.00 bits per heavy atom. The first-order valence-electron chi connectivity index (χ1n) is 3.98. The third-order valence-corrected chi connectivity index (χ3v) is 2.66. The molecule has 0 aliphatic carbocycles. The molecule has 0 spiro atoms. The average molecular weight is 290 g/mol. The fourth-order valence-electron chi connectivity index (χ4n) is 1.42. The lowest BCUT2D eigenvalue weighted by molar-refractivity contribution is 0.313. The third-order valence-electron chi connectivity index (χ3n) is 2.03. The summed E-state index contributed by atoms with van der Waals surface area (Å²) in [5, 5.41) is 0. The Bertz CT molecular complexity index is 373. The summed E-state index contributed by atoms with van der Waals surface area (Å²) in [6, 6.07) is 3.34. The van der Waals surface area contributed by atoms with Crippen LogP contribution in [0.15, 0.2) is 18.7 Å². The van der Waals surface area contributed by atoms with Gasteiger partial charge < -0.3 is 4.74 Å². The van der Waals surface area contributed by atoms with Crippen LogP contribution in [0.2, 0.25) is 0 Å². The fraction of sp³-hybridized carbons (Fsp3) is 0.200. The molecule has 1 heterocycles. The van der Waals surface area contributed by atoms with E-state index in [1.54, 1.807) is 0 Å². The quantitative estimate of drug-likeness (QED) is 0.667. The van der Waals surface area contributed by atoms with Crippen LogP contribution in [0.25, 0.3) is 5.57 Å². The van der Waals surface area contributed by atoms with Gasteiger partial charge in [-0.2, -0.15) is 0 Å². The van der Waals surface area contributed by atoms with E-state index in [1.165, 1.54) is 6.07 Å². The van der Waals surface area contributed by atoms with E-state index in [0.29, 0.717) is 24.3 Å². The van der Waals surface area contributed by atoms with E-state index in [9.17, 15) is 4.39 Å². The highest BCUT2D eigenvalue weighted by Crippen LogP contribution is 2.35. The number of fused-ring (bicyclic) bond motifs is 1. The highest BCUT2D eigenvalue weighted by molar-refractivity contribution is 14.1. The summed E-state index contributed by atoms with van der Waals surface area (Å²) < 4.78 is 19.6. The molecule has 0 atom stereocenters. The zero-order valence-corrected chi connectivity index (χ0v) is 9.10. The first-order valence-corrected chi connectivity index (χ1v) is 5.06. The summed E-state index contributed by atoms with van der Waals surface area (Å²) in [4.78, 5) is 0. The van der Waals surface area contributed by atoms with Crippen LogP contribution in [0.3, 0.4) is 0 Å². The SMILES string of the molecule is C=C1CCOc2cc(I)cc(F)c21.